The number of H-pyrrole nitrogens is 1. The maximum Gasteiger partial charge on any atom is 0.411 e. The van der Waals surface area contributed by atoms with Crippen molar-refractivity contribution in [2.24, 2.45) is 23.7 Å². The van der Waals surface area contributed by atoms with E-state index in [0.29, 0.717) is 43.0 Å². The largest absolute Gasteiger partial charge is 0.465 e. The number of hydrogen-bond donors (Lipinski definition) is 3. The summed E-state index contributed by atoms with van der Waals surface area (Å²) in [5.41, 5.74) is 1.76. The monoisotopic (exact) mass is 567 g/mol. The number of likely N-dealkylation sites (tertiary alicyclic amines) is 2. The number of carbonyl (C=O) groups excluding carboxylic acids is 2. The van der Waals surface area contributed by atoms with Gasteiger partial charge in [-0.3, -0.25) is 10.2 Å². The fourth-order valence-electron chi connectivity index (χ4n) is 6.43. The van der Waals surface area contributed by atoms with Crippen LogP contribution in [0.25, 0.3) is 11.3 Å². The molecule has 0 radical (unpaired) electrons. The summed E-state index contributed by atoms with van der Waals surface area (Å²) >= 11 is 0. The van der Waals surface area contributed by atoms with E-state index in [1.807, 2.05) is 32.9 Å². The summed E-state index contributed by atoms with van der Waals surface area (Å²) in [6.45, 7) is 7.35. The van der Waals surface area contributed by atoms with E-state index in [0.717, 1.165) is 43.4 Å². The predicted molar refractivity (Wildman–Crippen MR) is 152 cm³/mol. The highest BCUT2D eigenvalue weighted by Gasteiger charge is 2.49. The fraction of sp³-hybridized carbons (Fsp3) is 0.600. The zero-order valence-corrected chi connectivity index (χ0v) is 24.3. The minimum Gasteiger partial charge on any atom is -0.465 e. The standard InChI is InChI=1S/C30H41N5O6/c1-30(2,3)41-29(39)34-13-11-18(12-14-34)21-15-23(19-5-6-19)25(35(17-21)28(37)38)26-31-16-24(33-26)20-7-9-22(10-8-20)32-27(36)40-4/h7-10,16,18-19,21,23,25H,5-6,11-15,17H2,1-4H3,(H,31,33)(H,32,36)(H,37,38). The SMILES string of the molecule is COC(=O)Nc1ccc(-c2cnc(C3C(C4CC4)CC(C4CCN(C(=O)OC(C)(C)C)CC4)CN3C(=O)O)[nH]2)cc1. The normalized spacial score (nSPS) is 23.7. The van der Waals surface area contributed by atoms with Gasteiger partial charge in [0, 0.05) is 25.3 Å². The lowest BCUT2D eigenvalue weighted by Crippen LogP contribution is -2.50. The number of ether oxygens (including phenoxy) is 2. The average Bonchev–Trinajstić information content (AvgIpc) is 3.68. The van der Waals surface area contributed by atoms with Crippen molar-refractivity contribution < 1.29 is 29.0 Å². The van der Waals surface area contributed by atoms with Crippen molar-refractivity contribution >= 4 is 24.0 Å². The lowest BCUT2D eigenvalue weighted by atomic mass is 9.72. The fourth-order valence-corrected chi connectivity index (χ4v) is 6.43. The van der Waals surface area contributed by atoms with Gasteiger partial charge < -0.3 is 24.5 Å². The van der Waals surface area contributed by atoms with Gasteiger partial charge in [-0.1, -0.05) is 12.1 Å². The molecule has 11 nitrogen and oxygen atoms in total. The second-order valence-corrected chi connectivity index (χ2v) is 12.6. The second-order valence-electron chi connectivity index (χ2n) is 12.6. The zero-order chi connectivity index (χ0) is 29.3. The van der Waals surface area contributed by atoms with Crippen LogP contribution in [0.2, 0.25) is 0 Å². The number of benzene rings is 1. The predicted octanol–water partition coefficient (Wildman–Crippen LogP) is 5.97. The summed E-state index contributed by atoms with van der Waals surface area (Å²) < 4.78 is 10.2. The van der Waals surface area contributed by atoms with Crippen LogP contribution in [0.15, 0.2) is 30.5 Å². The van der Waals surface area contributed by atoms with E-state index in [4.69, 9.17) is 4.74 Å². The molecule has 0 bridgehead atoms. The first-order valence-corrected chi connectivity index (χ1v) is 14.5. The lowest BCUT2D eigenvalue weighted by molar-refractivity contribution is -0.00114. The van der Waals surface area contributed by atoms with Crippen molar-refractivity contribution in [1.29, 1.82) is 0 Å². The Balaban J connectivity index is 1.29. The van der Waals surface area contributed by atoms with E-state index in [-0.39, 0.29) is 24.0 Å². The van der Waals surface area contributed by atoms with E-state index in [2.05, 4.69) is 20.0 Å². The molecule has 3 fully saturated rings. The van der Waals surface area contributed by atoms with Crippen molar-refractivity contribution in [3.05, 3.63) is 36.3 Å². The molecule has 3 N–H and O–H groups in total. The quantitative estimate of drug-likeness (QED) is 0.405. The molecule has 11 heteroatoms. The molecule has 2 aromatic rings. The molecule has 0 spiro atoms. The number of carbonyl (C=O) groups is 3. The molecular weight excluding hydrogens is 526 g/mol. The number of nitrogens with one attached hydrogen (secondary N) is 2. The highest BCUT2D eigenvalue weighted by Crippen LogP contribution is 2.52. The summed E-state index contributed by atoms with van der Waals surface area (Å²) in [4.78, 5) is 48.1. The molecular formula is C30H41N5O6. The highest BCUT2D eigenvalue weighted by molar-refractivity contribution is 5.84. The minimum absolute atomic E-state index is 0.194. The molecule has 222 valence electrons. The van der Waals surface area contributed by atoms with Crippen LogP contribution in [0.3, 0.4) is 0 Å². The van der Waals surface area contributed by atoms with Crippen LogP contribution in [0.1, 0.15) is 64.7 Å². The van der Waals surface area contributed by atoms with Gasteiger partial charge in [0.1, 0.15) is 11.4 Å². The molecule has 1 aliphatic carbocycles. The number of rotatable bonds is 5. The first kappa shape index (κ1) is 28.8. The number of aromatic nitrogens is 2. The third-order valence-electron chi connectivity index (χ3n) is 8.58. The van der Waals surface area contributed by atoms with E-state index < -0.39 is 17.8 Å². The molecule has 41 heavy (non-hydrogen) atoms. The first-order valence-electron chi connectivity index (χ1n) is 14.5. The van der Waals surface area contributed by atoms with E-state index >= 15 is 0 Å². The molecule has 3 amide bonds. The number of amides is 3. The molecule has 2 aliphatic heterocycles. The molecule has 5 rings (SSSR count). The van der Waals surface area contributed by atoms with Crippen LogP contribution in [0.5, 0.6) is 0 Å². The highest BCUT2D eigenvalue weighted by atomic mass is 16.6. The summed E-state index contributed by atoms with van der Waals surface area (Å²) in [6.07, 6.45) is 4.90. The number of nitrogens with zero attached hydrogens (tertiary/aromatic N) is 3. The number of carboxylic acid groups (broad SMARTS) is 1. The Hall–Kier alpha value is -3.76. The molecule has 3 unspecified atom stereocenters. The van der Waals surface area contributed by atoms with Crippen LogP contribution >= 0.6 is 0 Å². The Morgan fingerprint density at radius 1 is 1.02 bits per heavy atom. The molecule has 3 heterocycles. The van der Waals surface area contributed by atoms with E-state index in [1.54, 1.807) is 28.1 Å². The summed E-state index contributed by atoms with van der Waals surface area (Å²) in [5, 5.41) is 13.0. The first-order chi connectivity index (χ1) is 19.5. The third kappa shape index (κ3) is 6.77. The molecule has 1 aromatic carbocycles. The molecule has 1 saturated carbocycles. The van der Waals surface area contributed by atoms with E-state index in [9.17, 15) is 19.5 Å². The van der Waals surface area contributed by atoms with Gasteiger partial charge in [-0.2, -0.15) is 0 Å². The Kier molecular flexibility index (Phi) is 8.15. The zero-order valence-electron chi connectivity index (χ0n) is 24.3. The number of piperidine rings is 2. The van der Waals surface area contributed by atoms with Crippen LogP contribution in [0, 0.1) is 23.7 Å². The molecule has 2 saturated heterocycles. The summed E-state index contributed by atoms with van der Waals surface area (Å²) in [5.74, 6) is 1.97. The van der Waals surface area contributed by atoms with Crippen molar-refractivity contribution in [3.8, 4) is 11.3 Å². The Labute approximate surface area is 240 Å². The van der Waals surface area contributed by atoms with Crippen molar-refractivity contribution in [3.63, 3.8) is 0 Å². The van der Waals surface area contributed by atoms with Gasteiger partial charge in [0.15, 0.2) is 0 Å². The summed E-state index contributed by atoms with van der Waals surface area (Å²) in [7, 11) is 1.31. The van der Waals surface area contributed by atoms with Gasteiger partial charge in [0.25, 0.3) is 0 Å². The second kappa shape index (κ2) is 11.6. The minimum atomic E-state index is -0.923. The lowest BCUT2D eigenvalue weighted by Gasteiger charge is -2.46. The van der Waals surface area contributed by atoms with Gasteiger partial charge in [-0.05, 0) is 94.2 Å². The van der Waals surface area contributed by atoms with Crippen molar-refractivity contribution in [1.82, 2.24) is 19.8 Å². The maximum atomic E-state index is 12.6. The maximum absolute atomic E-state index is 12.6. The van der Waals surface area contributed by atoms with Crippen LogP contribution in [0.4, 0.5) is 20.1 Å². The van der Waals surface area contributed by atoms with Gasteiger partial charge in [-0.15, -0.1) is 0 Å². The summed E-state index contributed by atoms with van der Waals surface area (Å²) in [6, 6.07) is 6.98. The number of aromatic amines is 1. The Morgan fingerprint density at radius 2 is 1.71 bits per heavy atom. The van der Waals surface area contributed by atoms with Crippen molar-refractivity contribution in [2.45, 2.75) is 64.5 Å². The topological polar surface area (TPSA) is 137 Å². The van der Waals surface area contributed by atoms with E-state index in [1.165, 1.54) is 7.11 Å². The van der Waals surface area contributed by atoms with Crippen LogP contribution in [-0.4, -0.2) is 75.5 Å². The smallest absolute Gasteiger partial charge is 0.411 e. The Morgan fingerprint density at radius 3 is 2.29 bits per heavy atom. The van der Waals surface area contributed by atoms with Gasteiger partial charge in [0.2, 0.25) is 0 Å². The molecule has 3 aliphatic rings. The number of hydrogen-bond acceptors (Lipinski definition) is 6. The van der Waals surface area contributed by atoms with Gasteiger partial charge in [-0.25, -0.2) is 19.4 Å². The van der Waals surface area contributed by atoms with Crippen LogP contribution in [-0.2, 0) is 9.47 Å². The number of anilines is 1. The van der Waals surface area contributed by atoms with Crippen molar-refractivity contribution in [2.75, 3.05) is 32.1 Å². The van der Waals surface area contributed by atoms with Gasteiger partial charge >= 0.3 is 18.3 Å². The number of methoxy groups -OCH3 is 1. The average molecular weight is 568 g/mol. The molecule has 1 aromatic heterocycles. The van der Waals surface area contributed by atoms with Crippen LogP contribution < -0.4 is 5.32 Å². The number of imidazole rings is 1. The molecule has 3 atom stereocenters. The van der Waals surface area contributed by atoms with Gasteiger partial charge in [0.05, 0.1) is 25.0 Å². The third-order valence-corrected chi connectivity index (χ3v) is 8.58. The Bertz CT molecular complexity index is 1240.